The second kappa shape index (κ2) is 4.69. The van der Waals surface area contributed by atoms with Crippen molar-refractivity contribution in [3.05, 3.63) is 59.7 Å². The van der Waals surface area contributed by atoms with E-state index in [1.807, 2.05) is 11.8 Å². The molecule has 0 amide bonds. The number of para-hydroxylation sites is 1. The molecule has 1 fully saturated rings. The van der Waals surface area contributed by atoms with Crippen molar-refractivity contribution in [1.29, 1.82) is 0 Å². The highest BCUT2D eigenvalue weighted by Crippen LogP contribution is 2.52. The fraction of sp³-hybridized carbons (Fsp3) is 0.250. The predicted octanol–water partition coefficient (Wildman–Crippen LogP) is 4.23. The molecule has 92 valence electrons. The molecule has 1 nitrogen and oxygen atoms in total. The van der Waals surface area contributed by atoms with Gasteiger partial charge in [-0.3, -0.25) is 0 Å². The van der Waals surface area contributed by atoms with E-state index < -0.39 is 0 Å². The summed E-state index contributed by atoms with van der Waals surface area (Å²) in [6.45, 7) is 2.07. The number of hydrogen-bond acceptors (Lipinski definition) is 2. The Bertz CT molecular complexity index is 550. The monoisotopic (exact) mass is 255 g/mol. The van der Waals surface area contributed by atoms with Crippen LogP contribution in [0.4, 0.5) is 5.69 Å². The molecule has 0 saturated heterocycles. The molecule has 2 aromatic carbocycles. The van der Waals surface area contributed by atoms with Crippen LogP contribution in [0, 0.1) is 6.92 Å². The van der Waals surface area contributed by atoms with Crippen LogP contribution < -0.4 is 5.73 Å². The van der Waals surface area contributed by atoms with Crippen molar-refractivity contribution in [2.45, 2.75) is 29.4 Å². The lowest BCUT2D eigenvalue weighted by Gasteiger charge is -2.07. The Morgan fingerprint density at radius 1 is 1.06 bits per heavy atom. The maximum absolute atomic E-state index is 6.12. The Kier molecular flexibility index (Phi) is 3.04. The van der Waals surface area contributed by atoms with Crippen LogP contribution in [0.25, 0.3) is 0 Å². The molecule has 1 aliphatic carbocycles. The van der Waals surface area contributed by atoms with Crippen LogP contribution in [0.15, 0.2) is 53.4 Å². The Morgan fingerprint density at radius 2 is 1.83 bits per heavy atom. The van der Waals surface area contributed by atoms with Gasteiger partial charge in [-0.2, -0.15) is 0 Å². The van der Waals surface area contributed by atoms with Gasteiger partial charge < -0.3 is 5.73 Å². The number of rotatable bonds is 3. The zero-order chi connectivity index (χ0) is 12.5. The molecule has 3 rings (SSSR count). The normalized spacial score (nSPS) is 21.8. The summed E-state index contributed by atoms with van der Waals surface area (Å²) in [6, 6.07) is 17.1. The lowest BCUT2D eigenvalue weighted by molar-refractivity contribution is 1.13. The van der Waals surface area contributed by atoms with Gasteiger partial charge in [0.1, 0.15) is 0 Å². The average Bonchev–Trinajstić information content (AvgIpc) is 3.15. The van der Waals surface area contributed by atoms with E-state index in [0.717, 1.165) is 5.69 Å². The van der Waals surface area contributed by atoms with E-state index in [1.54, 1.807) is 0 Å². The number of nitrogen functional groups attached to an aromatic ring is 1. The molecule has 0 aliphatic heterocycles. The quantitative estimate of drug-likeness (QED) is 0.831. The van der Waals surface area contributed by atoms with E-state index in [9.17, 15) is 0 Å². The van der Waals surface area contributed by atoms with Gasteiger partial charge in [-0.1, -0.05) is 42.5 Å². The Labute approximate surface area is 112 Å². The van der Waals surface area contributed by atoms with Crippen LogP contribution in [0.5, 0.6) is 0 Å². The van der Waals surface area contributed by atoms with Gasteiger partial charge >= 0.3 is 0 Å². The lowest BCUT2D eigenvalue weighted by Crippen LogP contribution is -1.93. The van der Waals surface area contributed by atoms with Gasteiger partial charge in [0.2, 0.25) is 0 Å². The molecule has 1 saturated carbocycles. The Morgan fingerprint density at radius 3 is 2.61 bits per heavy atom. The maximum Gasteiger partial charge on any atom is 0.0482 e. The van der Waals surface area contributed by atoms with Gasteiger partial charge in [0.15, 0.2) is 0 Å². The first-order valence-corrected chi connectivity index (χ1v) is 7.20. The van der Waals surface area contributed by atoms with Crippen LogP contribution in [0.3, 0.4) is 0 Å². The highest BCUT2D eigenvalue weighted by molar-refractivity contribution is 8.00. The van der Waals surface area contributed by atoms with Crippen LogP contribution in [-0.2, 0) is 0 Å². The first-order valence-electron chi connectivity index (χ1n) is 6.32. The number of benzene rings is 2. The highest BCUT2D eigenvalue weighted by atomic mass is 32.2. The molecule has 0 heterocycles. The first kappa shape index (κ1) is 11.7. The third kappa shape index (κ3) is 2.25. The van der Waals surface area contributed by atoms with Crippen molar-refractivity contribution in [3.63, 3.8) is 0 Å². The Hall–Kier alpha value is -1.41. The van der Waals surface area contributed by atoms with Gasteiger partial charge in [0.25, 0.3) is 0 Å². The highest BCUT2D eigenvalue weighted by Gasteiger charge is 2.39. The first-order chi connectivity index (χ1) is 8.75. The number of aryl methyl sites for hydroxylation is 1. The van der Waals surface area contributed by atoms with Crippen molar-refractivity contribution in [2.24, 2.45) is 0 Å². The second-order valence-electron chi connectivity index (χ2n) is 4.90. The van der Waals surface area contributed by atoms with Crippen molar-refractivity contribution < 1.29 is 0 Å². The number of anilines is 1. The fourth-order valence-corrected chi connectivity index (χ4v) is 3.67. The summed E-state index contributed by atoms with van der Waals surface area (Å²) < 4.78 is 0. The molecule has 0 bridgehead atoms. The zero-order valence-corrected chi connectivity index (χ0v) is 11.3. The zero-order valence-electron chi connectivity index (χ0n) is 10.5. The van der Waals surface area contributed by atoms with Crippen LogP contribution in [0.2, 0.25) is 0 Å². The average molecular weight is 255 g/mol. The topological polar surface area (TPSA) is 26.0 Å². The maximum atomic E-state index is 6.12. The summed E-state index contributed by atoms with van der Waals surface area (Å²) in [5.74, 6) is 0.705. The lowest BCUT2D eigenvalue weighted by atomic mass is 10.1. The largest absolute Gasteiger partial charge is 0.398 e. The van der Waals surface area contributed by atoms with Crippen LogP contribution in [-0.4, -0.2) is 5.25 Å². The summed E-state index contributed by atoms with van der Waals surface area (Å²) in [5, 5.41) is 0.691. The van der Waals surface area contributed by atoms with Crippen LogP contribution >= 0.6 is 11.8 Å². The van der Waals surface area contributed by atoms with E-state index in [2.05, 4.69) is 55.5 Å². The number of hydrogen-bond donors (Lipinski definition) is 1. The number of thioether (sulfide) groups is 1. The molecule has 18 heavy (non-hydrogen) atoms. The Balaban J connectivity index is 1.71. The summed E-state index contributed by atoms with van der Waals surface area (Å²) in [7, 11) is 0. The number of nitrogens with two attached hydrogens (primary N) is 1. The third-order valence-corrected chi connectivity index (χ3v) is 4.96. The molecule has 2 heteroatoms. The SMILES string of the molecule is Cc1cccc(SC2CC2c2ccccc2)c1N. The smallest absolute Gasteiger partial charge is 0.0482 e. The van der Waals surface area contributed by atoms with Crippen molar-refractivity contribution in [2.75, 3.05) is 5.73 Å². The van der Waals surface area contributed by atoms with Gasteiger partial charge in [-0.05, 0) is 36.5 Å². The van der Waals surface area contributed by atoms with Crippen molar-refractivity contribution >= 4 is 17.4 Å². The fourth-order valence-electron chi connectivity index (χ4n) is 2.27. The molecule has 2 N–H and O–H groups in total. The van der Waals surface area contributed by atoms with Gasteiger partial charge in [-0.25, -0.2) is 0 Å². The van der Waals surface area contributed by atoms with Crippen LogP contribution in [0.1, 0.15) is 23.5 Å². The van der Waals surface area contributed by atoms with E-state index in [4.69, 9.17) is 5.73 Å². The summed E-state index contributed by atoms with van der Waals surface area (Å²) >= 11 is 1.93. The van der Waals surface area contributed by atoms with Crippen molar-refractivity contribution in [3.8, 4) is 0 Å². The predicted molar refractivity (Wildman–Crippen MR) is 79.0 cm³/mol. The van der Waals surface area contributed by atoms with E-state index in [1.165, 1.54) is 22.4 Å². The summed E-state index contributed by atoms with van der Waals surface area (Å²) in [4.78, 5) is 1.23. The molecule has 0 spiro atoms. The summed E-state index contributed by atoms with van der Waals surface area (Å²) in [6.07, 6.45) is 1.27. The molecular weight excluding hydrogens is 238 g/mol. The standard InChI is InChI=1S/C16H17NS/c1-11-6-5-9-14(16(11)17)18-15-10-13(15)12-7-3-2-4-8-12/h2-9,13,15H,10,17H2,1H3. The van der Waals surface area contributed by atoms with E-state index in [-0.39, 0.29) is 0 Å². The third-order valence-electron chi connectivity index (χ3n) is 3.52. The molecule has 2 aromatic rings. The molecule has 0 aromatic heterocycles. The van der Waals surface area contributed by atoms with E-state index in [0.29, 0.717) is 11.2 Å². The molecular formula is C16H17NS. The molecule has 2 atom stereocenters. The minimum absolute atomic E-state index is 0.691. The minimum Gasteiger partial charge on any atom is -0.398 e. The van der Waals surface area contributed by atoms with Gasteiger partial charge in [-0.15, -0.1) is 11.8 Å². The molecule has 2 unspecified atom stereocenters. The van der Waals surface area contributed by atoms with E-state index >= 15 is 0 Å². The van der Waals surface area contributed by atoms with Gasteiger partial charge in [0, 0.05) is 15.8 Å². The minimum atomic E-state index is 0.691. The molecule has 0 radical (unpaired) electrons. The van der Waals surface area contributed by atoms with Gasteiger partial charge in [0.05, 0.1) is 0 Å². The molecule has 1 aliphatic rings. The van der Waals surface area contributed by atoms with Crippen molar-refractivity contribution in [1.82, 2.24) is 0 Å². The summed E-state index contributed by atoms with van der Waals surface area (Å²) in [5.41, 5.74) is 9.70. The second-order valence-corrected chi connectivity index (χ2v) is 6.18.